The van der Waals surface area contributed by atoms with E-state index in [0.717, 1.165) is 32.2 Å². The molecular formula is C20H30N2O5. The number of methoxy groups -OCH3 is 2. The van der Waals surface area contributed by atoms with Crippen LogP contribution in [0, 0.1) is 0 Å². The van der Waals surface area contributed by atoms with Crippen molar-refractivity contribution in [3.05, 3.63) is 18.2 Å². The number of morpholine rings is 1. The monoisotopic (exact) mass is 378 g/mol. The summed E-state index contributed by atoms with van der Waals surface area (Å²) in [5.41, 5.74) is 0. The average molecular weight is 378 g/mol. The van der Waals surface area contributed by atoms with Crippen LogP contribution in [0.3, 0.4) is 0 Å². The first-order valence-corrected chi connectivity index (χ1v) is 9.58. The van der Waals surface area contributed by atoms with Gasteiger partial charge in [-0.3, -0.25) is 9.69 Å². The molecule has 0 unspecified atom stereocenters. The molecule has 0 bridgehead atoms. The van der Waals surface area contributed by atoms with E-state index in [9.17, 15) is 4.79 Å². The van der Waals surface area contributed by atoms with E-state index in [1.54, 1.807) is 14.2 Å². The second-order valence-corrected chi connectivity index (χ2v) is 7.16. The molecule has 1 aromatic carbocycles. The molecule has 1 N–H and O–H groups in total. The Morgan fingerprint density at radius 3 is 2.56 bits per heavy atom. The highest BCUT2D eigenvalue weighted by atomic mass is 16.5. The summed E-state index contributed by atoms with van der Waals surface area (Å²) in [7, 11) is 5.20. The summed E-state index contributed by atoms with van der Waals surface area (Å²) in [5.74, 6) is 2.05. The van der Waals surface area contributed by atoms with Gasteiger partial charge in [-0.05, 0) is 44.9 Å². The zero-order valence-corrected chi connectivity index (χ0v) is 16.4. The first kappa shape index (κ1) is 19.8. The molecule has 1 amide bonds. The van der Waals surface area contributed by atoms with E-state index in [-0.39, 0.29) is 24.1 Å². The highest BCUT2D eigenvalue weighted by molar-refractivity contribution is 5.82. The maximum Gasteiger partial charge on any atom is 0.239 e. The Morgan fingerprint density at radius 2 is 1.89 bits per heavy atom. The summed E-state index contributed by atoms with van der Waals surface area (Å²) in [6.45, 7) is 1.95. The smallest absolute Gasteiger partial charge is 0.239 e. The number of rotatable bonds is 6. The lowest BCUT2D eigenvalue weighted by molar-refractivity contribution is -0.132. The second-order valence-electron chi connectivity index (χ2n) is 7.16. The van der Waals surface area contributed by atoms with E-state index in [2.05, 4.69) is 10.2 Å². The zero-order valence-electron chi connectivity index (χ0n) is 16.4. The molecule has 1 aliphatic carbocycles. The number of para-hydroxylation sites is 1. The first-order valence-electron chi connectivity index (χ1n) is 9.58. The van der Waals surface area contributed by atoms with Crippen molar-refractivity contribution in [2.24, 2.45) is 0 Å². The van der Waals surface area contributed by atoms with E-state index in [1.807, 2.05) is 25.2 Å². The fraction of sp³-hybridized carbons (Fsp3) is 0.650. The molecule has 0 radical (unpaired) electrons. The Bertz CT molecular complexity index is 631. The van der Waals surface area contributed by atoms with Gasteiger partial charge in [0.1, 0.15) is 6.04 Å². The van der Waals surface area contributed by atoms with Gasteiger partial charge in [-0.15, -0.1) is 0 Å². The predicted octanol–water partition coefficient (Wildman–Crippen LogP) is 1.84. The molecule has 2 fully saturated rings. The van der Waals surface area contributed by atoms with Gasteiger partial charge in [0.05, 0.1) is 33.5 Å². The Balaban J connectivity index is 1.50. The summed E-state index contributed by atoms with van der Waals surface area (Å²) in [4.78, 5) is 14.6. The van der Waals surface area contributed by atoms with E-state index in [1.165, 1.54) is 0 Å². The van der Waals surface area contributed by atoms with E-state index in [0.29, 0.717) is 30.5 Å². The van der Waals surface area contributed by atoms with Gasteiger partial charge in [-0.2, -0.15) is 0 Å². The first-order chi connectivity index (χ1) is 13.1. The Hall–Kier alpha value is -1.99. The number of amides is 1. The van der Waals surface area contributed by atoms with Crippen molar-refractivity contribution >= 4 is 5.91 Å². The maximum atomic E-state index is 12.5. The molecule has 0 spiro atoms. The normalized spacial score (nSPS) is 26.3. The van der Waals surface area contributed by atoms with Crippen molar-refractivity contribution in [2.75, 3.05) is 41.0 Å². The van der Waals surface area contributed by atoms with Crippen LogP contribution in [0.15, 0.2) is 18.2 Å². The Labute approximate surface area is 160 Å². The number of benzene rings is 1. The third-order valence-corrected chi connectivity index (χ3v) is 5.38. The van der Waals surface area contributed by atoms with Gasteiger partial charge in [0.2, 0.25) is 11.7 Å². The van der Waals surface area contributed by atoms with Gasteiger partial charge in [0.15, 0.2) is 11.5 Å². The van der Waals surface area contributed by atoms with Crippen LogP contribution in [0.4, 0.5) is 0 Å². The van der Waals surface area contributed by atoms with Crippen LogP contribution in [0.25, 0.3) is 0 Å². The fourth-order valence-corrected chi connectivity index (χ4v) is 3.71. The van der Waals surface area contributed by atoms with E-state index in [4.69, 9.17) is 18.9 Å². The van der Waals surface area contributed by atoms with Crippen molar-refractivity contribution < 1.29 is 23.7 Å². The number of likely N-dealkylation sites (N-methyl/N-ethyl adjacent to an activating group) is 1. The van der Waals surface area contributed by atoms with E-state index < -0.39 is 0 Å². The molecule has 1 saturated heterocycles. The lowest BCUT2D eigenvalue weighted by atomic mass is 9.92. The molecule has 1 aliphatic heterocycles. The third kappa shape index (κ3) is 4.84. The Morgan fingerprint density at radius 1 is 1.15 bits per heavy atom. The topological polar surface area (TPSA) is 69.3 Å². The minimum atomic E-state index is -0.186. The molecular weight excluding hydrogens is 348 g/mol. The van der Waals surface area contributed by atoms with Crippen LogP contribution >= 0.6 is 0 Å². The van der Waals surface area contributed by atoms with E-state index >= 15 is 0 Å². The maximum absolute atomic E-state index is 12.5. The van der Waals surface area contributed by atoms with Crippen molar-refractivity contribution in [3.8, 4) is 17.2 Å². The Kier molecular flexibility index (Phi) is 6.79. The van der Waals surface area contributed by atoms with Gasteiger partial charge in [-0.25, -0.2) is 0 Å². The summed E-state index contributed by atoms with van der Waals surface area (Å²) < 4.78 is 22.4. The summed E-state index contributed by atoms with van der Waals surface area (Å²) in [6.07, 6.45) is 3.70. The molecule has 1 saturated carbocycles. The molecule has 1 heterocycles. The van der Waals surface area contributed by atoms with Gasteiger partial charge < -0.3 is 24.3 Å². The predicted molar refractivity (Wildman–Crippen MR) is 102 cm³/mol. The van der Waals surface area contributed by atoms with Gasteiger partial charge >= 0.3 is 0 Å². The number of ether oxygens (including phenoxy) is 4. The SMILES string of the molecule is COc1cccc(OC2CCC(NC(=O)[C@@H]3COCCN3C)CC2)c1OC. The number of nitrogens with one attached hydrogen (secondary N) is 1. The lowest BCUT2D eigenvalue weighted by Crippen LogP contribution is -2.54. The largest absolute Gasteiger partial charge is 0.493 e. The van der Waals surface area contributed by atoms with Gasteiger partial charge in [0.25, 0.3) is 0 Å². The zero-order chi connectivity index (χ0) is 19.2. The summed E-state index contributed by atoms with van der Waals surface area (Å²) in [6, 6.07) is 5.65. The van der Waals surface area contributed by atoms with Crippen molar-refractivity contribution in [1.29, 1.82) is 0 Å². The van der Waals surface area contributed by atoms with Gasteiger partial charge in [-0.1, -0.05) is 6.07 Å². The lowest BCUT2D eigenvalue weighted by Gasteiger charge is -2.34. The minimum Gasteiger partial charge on any atom is -0.493 e. The number of nitrogens with zero attached hydrogens (tertiary/aromatic N) is 1. The molecule has 3 rings (SSSR count). The fourth-order valence-electron chi connectivity index (χ4n) is 3.71. The number of hydrogen-bond acceptors (Lipinski definition) is 6. The number of carbonyl (C=O) groups excluding carboxylic acids is 1. The van der Waals surface area contributed by atoms with Crippen LogP contribution in [-0.2, 0) is 9.53 Å². The van der Waals surface area contributed by atoms with Crippen molar-refractivity contribution in [2.45, 2.75) is 43.9 Å². The van der Waals surface area contributed by atoms with Crippen molar-refractivity contribution in [1.82, 2.24) is 10.2 Å². The average Bonchev–Trinajstić information content (AvgIpc) is 2.69. The van der Waals surface area contributed by atoms with Crippen molar-refractivity contribution in [3.63, 3.8) is 0 Å². The quantitative estimate of drug-likeness (QED) is 0.815. The van der Waals surface area contributed by atoms with Crippen LogP contribution in [0.1, 0.15) is 25.7 Å². The second kappa shape index (κ2) is 9.28. The van der Waals surface area contributed by atoms with Crippen LogP contribution < -0.4 is 19.5 Å². The molecule has 150 valence electrons. The van der Waals surface area contributed by atoms with Crippen LogP contribution in [-0.4, -0.2) is 70.0 Å². The molecule has 7 heteroatoms. The molecule has 2 aliphatic rings. The standard InChI is InChI=1S/C20H30N2O5/c1-22-11-12-26-13-16(22)20(23)21-14-7-9-15(10-8-14)27-18-6-4-5-17(24-2)19(18)25-3/h4-6,14-16H,7-13H2,1-3H3,(H,21,23)/t14?,15?,16-/m0/s1. The van der Waals surface area contributed by atoms with Crippen LogP contribution in [0.5, 0.6) is 17.2 Å². The van der Waals surface area contributed by atoms with Gasteiger partial charge in [0, 0.05) is 12.6 Å². The highest BCUT2D eigenvalue weighted by Gasteiger charge is 2.30. The number of carbonyl (C=O) groups is 1. The molecule has 7 nitrogen and oxygen atoms in total. The molecule has 1 aromatic rings. The molecule has 1 atom stereocenters. The highest BCUT2D eigenvalue weighted by Crippen LogP contribution is 2.38. The van der Waals surface area contributed by atoms with Crippen LogP contribution in [0.2, 0.25) is 0 Å². The minimum absolute atomic E-state index is 0.0658. The summed E-state index contributed by atoms with van der Waals surface area (Å²) >= 11 is 0. The summed E-state index contributed by atoms with van der Waals surface area (Å²) in [5, 5.41) is 3.18. The third-order valence-electron chi connectivity index (χ3n) is 5.38. The molecule has 27 heavy (non-hydrogen) atoms. The number of hydrogen-bond donors (Lipinski definition) is 1. The molecule has 0 aromatic heterocycles.